The van der Waals surface area contributed by atoms with Gasteiger partial charge >= 0.3 is 0 Å². The van der Waals surface area contributed by atoms with Crippen LogP contribution in [-0.4, -0.2) is 32.3 Å². The molecule has 2 aromatic rings. The Bertz CT molecular complexity index is 804. The molecule has 2 aromatic carbocycles. The van der Waals surface area contributed by atoms with Gasteiger partial charge in [0.2, 0.25) is 0 Å². The summed E-state index contributed by atoms with van der Waals surface area (Å²) in [6.07, 6.45) is 2.11. The third-order valence-electron chi connectivity index (χ3n) is 5.02. The summed E-state index contributed by atoms with van der Waals surface area (Å²) in [6, 6.07) is 14.8. The van der Waals surface area contributed by atoms with Crippen molar-refractivity contribution in [3.63, 3.8) is 0 Å². The molecule has 0 bridgehead atoms. The summed E-state index contributed by atoms with van der Waals surface area (Å²) in [6.45, 7) is 7.11. The fraction of sp³-hybridized carbons (Fsp3) is 0.435. The number of nitrogens with one attached hydrogen (secondary N) is 2. The molecule has 1 saturated heterocycles. The quantitative estimate of drug-likeness (QED) is 0.334. The van der Waals surface area contributed by atoms with Crippen LogP contribution in [-0.2, 0) is 24.2 Å². The first-order valence-corrected chi connectivity index (χ1v) is 10.0. The van der Waals surface area contributed by atoms with Crippen molar-refractivity contribution in [2.75, 3.05) is 20.3 Å². The largest absolute Gasteiger partial charge is 0.488 e. The molecule has 3 rings (SSSR count). The van der Waals surface area contributed by atoms with Crippen molar-refractivity contribution in [1.29, 1.82) is 0 Å². The van der Waals surface area contributed by atoms with E-state index in [1.807, 2.05) is 0 Å². The van der Waals surface area contributed by atoms with E-state index < -0.39 is 0 Å². The van der Waals surface area contributed by atoms with E-state index in [1.54, 1.807) is 7.05 Å². The fourth-order valence-electron chi connectivity index (χ4n) is 3.36. The molecule has 158 valence electrons. The number of hydrogen-bond acceptors (Lipinski definition) is 3. The maximum atomic E-state index is 6.19. The Morgan fingerprint density at radius 3 is 2.48 bits per heavy atom. The molecule has 2 N–H and O–H groups in total. The van der Waals surface area contributed by atoms with Gasteiger partial charge in [-0.25, -0.2) is 0 Å². The summed E-state index contributed by atoms with van der Waals surface area (Å²) in [4.78, 5) is 4.36. The third-order valence-corrected chi connectivity index (χ3v) is 5.02. The van der Waals surface area contributed by atoms with Gasteiger partial charge in [0.15, 0.2) is 5.96 Å². The lowest BCUT2D eigenvalue weighted by atomic mass is 10.1. The van der Waals surface area contributed by atoms with Gasteiger partial charge in [0.1, 0.15) is 11.9 Å². The summed E-state index contributed by atoms with van der Waals surface area (Å²) in [7, 11) is 1.80. The van der Waals surface area contributed by atoms with E-state index in [0.29, 0.717) is 13.2 Å². The van der Waals surface area contributed by atoms with Gasteiger partial charge in [-0.1, -0.05) is 43.3 Å². The highest BCUT2D eigenvalue weighted by Gasteiger charge is 2.18. The number of aliphatic imine (C=N–C) groups is 1. The molecule has 29 heavy (non-hydrogen) atoms. The van der Waals surface area contributed by atoms with Crippen molar-refractivity contribution < 1.29 is 9.47 Å². The Balaban J connectivity index is 0.00000300. The zero-order chi connectivity index (χ0) is 19.8. The second kappa shape index (κ2) is 12.0. The lowest BCUT2D eigenvalue weighted by Gasteiger charge is -2.18. The van der Waals surface area contributed by atoms with Crippen LogP contribution >= 0.6 is 24.0 Å². The minimum absolute atomic E-state index is 0. The third kappa shape index (κ3) is 6.89. The molecule has 0 aliphatic carbocycles. The van der Waals surface area contributed by atoms with E-state index in [0.717, 1.165) is 43.3 Å². The van der Waals surface area contributed by atoms with Gasteiger partial charge in [0.25, 0.3) is 0 Å². The van der Waals surface area contributed by atoms with Crippen molar-refractivity contribution in [2.24, 2.45) is 4.99 Å². The number of ether oxygens (including phenoxy) is 2. The topological polar surface area (TPSA) is 54.9 Å². The van der Waals surface area contributed by atoms with E-state index in [1.165, 1.54) is 16.7 Å². The number of aryl methyl sites for hydroxylation is 2. The number of benzene rings is 2. The van der Waals surface area contributed by atoms with Crippen LogP contribution < -0.4 is 15.4 Å². The fourth-order valence-corrected chi connectivity index (χ4v) is 3.36. The molecule has 0 saturated carbocycles. The molecule has 0 spiro atoms. The predicted molar refractivity (Wildman–Crippen MR) is 129 cm³/mol. The maximum Gasteiger partial charge on any atom is 0.191 e. The molecule has 5 nitrogen and oxygen atoms in total. The molecule has 1 atom stereocenters. The van der Waals surface area contributed by atoms with E-state index in [2.05, 4.69) is 71.9 Å². The van der Waals surface area contributed by atoms with Crippen LogP contribution in [0.2, 0.25) is 0 Å². The molecule has 1 aliphatic rings. The van der Waals surface area contributed by atoms with Crippen LogP contribution in [0.5, 0.6) is 5.75 Å². The Morgan fingerprint density at radius 1 is 1.10 bits per heavy atom. The van der Waals surface area contributed by atoms with Gasteiger partial charge < -0.3 is 20.1 Å². The van der Waals surface area contributed by atoms with Crippen LogP contribution in [0.3, 0.4) is 0 Å². The van der Waals surface area contributed by atoms with Crippen molar-refractivity contribution in [1.82, 2.24) is 10.6 Å². The van der Waals surface area contributed by atoms with Crippen molar-refractivity contribution in [3.8, 4) is 5.75 Å². The van der Waals surface area contributed by atoms with E-state index in [-0.39, 0.29) is 30.1 Å². The Kier molecular flexibility index (Phi) is 9.73. The normalized spacial score (nSPS) is 16.2. The molecule has 1 heterocycles. The Morgan fingerprint density at radius 2 is 1.83 bits per heavy atom. The summed E-state index contributed by atoms with van der Waals surface area (Å²) in [5.74, 6) is 1.71. The lowest BCUT2D eigenvalue weighted by Crippen LogP contribution is -2.36. The minimum atomic E-state index is 0. The second-order valence-corrected chi connectivity index (χ2v) is 7.12. The molecule has 6 heteroatoms. The standard InChI is InChI=1S/C23H31N3O2.HI/c1-4-18-7-5-6-8-19(18)14-25-23(24-3)26-15-20-10-9-17(2)13-22(20)28-21-11-12-27-16-21;/h5-10,13,21H,4,11-12,14-16H2,1-3H3,(H2,24,25,26);1H. The zero-order valence-electron chi connectivity index (χ0n) is 17.5. The average Bonchev–Trinajstić information content (AvgIpc) is 3.22. The second-order valence-electron chi connectivity index (χ2n) is 7.12. The molecular weight excluding hydrogens is 477 g/mol. The number of guanidine groups is 1. The summed E-state index contributed by atoms with van der Waals surface area (Å²) in [5.41, 5.74) is 4.97. The number of nitrogens with zero attached hydrogens (tertiary/aromatic N) is 1. The molecule has 1 fully saturated rings. The summed E-state index contributed by atoms with van der Waals surface area (Å²) >= 11 is 0. The monoisotopic (exact) mass is 509 g/mol. The molecule has 0 amide bonds. The molecule has 1 aliphatic heterocycles. The van der Waals surface area contributed by atoms with Crippen LogP contribution in [0, 0.1) is 6.92 Å². The number of rotatable bonds is 7. The van der Waals surface area contributed by atoms with Gasteiger partial charge in [0.05, 0.1) is 13.2 Å². The van der Waals surface area contributed by atoms with Crippen molar-refractivity contribution in [2.45, 2.75) is 45.9 Å². The first-order valence-electron chi connectivity index (χ1n) is 10.0. The van der Waals surface area contributed by atoms with Gasteiger partial charge in [-0.3, -0.25) is 4.99 Å². The Hall–Kier alpha value is -1.80. The van der Waals surface area contributed by atoms with E-state index in [9.17, 15) is 0 Å². The highest BCUT2D eigenvalue weighted by molar-refractivity contribution is 14.0. The first-order chi connectivity index (χ1) is 13.7. The highest BCUT2D eigenvalue weighted by Crippen LogP contribution is 2.23. The smallest absolute Gasteiger partial charge is 0.191 e. The molecule has 0 aromatic heterocycles. The van der Waals surface area contributed by atoms with E-state index in [4.69, 9.17) is 9.47 Å². The van der Waals surface area contributed by atoms with Gasteiger partial charge in [-0.05, 0) is 36.1 Å². The van der Waals surface area contributed by atoms with Crippen molar-refractivity contribution in [3.05, 3.63) is 64.7 Å². The predicted octanol–water partition coefficient (Wildman–Crippen LogP) is 4.21. The van der Waals surface area contributed by atoms with Crippen LogP contribution in [0.15, 0.2) is 47.5 Å². The maximum absolute atomic E-state index is 6.19. The van der Waals surface area contributed by atoms with Crippen LogP contribution in [0.25, 0.3) is 0 Å². The lowest BCUT2D eigenvalue weighted by molar-refractivity contribution is 0.140. The first kappa shape index (κ1) is 23.5. The molecule has 0 radical (unpaired) electrons. The van der Waals surface area contributed by atoms with Gasteiger partial charge in [0, 0.05) is 32.1 Å². The minimum Gasteiger partial charge on any atom is -0.488 e. The zero-order valence-corrected chi connectivity index (χ0v) is 19.9. The summed E-state index contributed by atoms with van der Waals surface area (Å²) < 4.78 is 11.6. The number of hydrogen-bond donors (Lipinski definition) is 2. The van der Waals surface area contributed by atoms with E-state index >= 15 is 0 Å². The van der Waals surface area contributed by atoms with Crippen LogP contribution in [0.1, 0.15) is 35.6 Å². The SMILES string of the molecule is CCc1ccccc1CNC(=NC)NCc1ccc(C)cc1OC1CCOC1.I. The van der Waals surface area contributed by atoms with Gasteiger partial charge in [-0.15, -0.1) is 24.0 Å². The summed E-state index contributed by atoms with van der Waals surface area (Å²) in [5, 5.41) is 6.82. The molecular formula is C23H32IN3O2. The Labute approximate surface area is 191 Å². The molecule has 1 unspecified atom stereocenters. The number of halogens is 1. The van der Waals surface area contributed by atoms with Gasteiger partial charge in [-0.2, -0.15) is 0 Å². The average molecular weight is 509 g/mol. The van der Waals surface area contributed by atoms with Crippen LogP contribution in [0.4, 0.5) is 0 Å². The van der Waals surface area contributed by atoms with Crippen molar-refractivity contribution >= 4 is 29.9 Å². The highest BCUT2D eigenvalue weighted by atomic mass is 127.